The van der Waals surface area contributed by atoms with Crippen molar-refractivity contribution >= 4 is 32.7 Å². The highest BCUT2D eigenvalue weighted by Gasteiger charge is 2.31. The summed E-state index contributed by atoms with van der Waals surface area (Å²) in [6.07, 6.45) is 2.52. The first kappa shape index (κ1) is 27.4. The van der Waals surface area contributed by atoms with Gasteiger partial charge in [-0.05, 0) is 25.6 Å². The smallest absolute Gasteiger partial charge is 0.190 e. The molecule has 3 aliphatic rings. The number of Topliss-reactive ketones (excluding diaryl/α,β-unsaturated/α-hetero) is 1. The second-order valence-electron chi connectivity index (χ2n) is 9.97. The van der Waals surface area contributed by atoms with Gasteiger partial charge in [0.1, 0.15) is 10.7 Å². The van der Waals surface area contributed by atoms with E-state index in [2.05, 4.69) is 21.8 Å². The first-order chi connectivity index (χ1) is 18.4. The number of carbonyl (C=O) groups excluding carboxylic acids is 1. The monoisotopic (exact) mass is 561 g/mol. The minimum absolute atomic E-state index is 0.142. The van der Waals surface area contributed by atoms with Gasteiger partial charge in [0.2, 0.25) is 0 Å². The van der Waals surface area contributed by atoms with Gasteiger partial charge in [-0.1, -0.05) is 12.1 Å². The van der Waals surface area contributed by atoms with Crippen molar-refractivity contribution in [1.29, 1.82) is 0 Å². The molecule has 3 saturated heterocycles. The lowest BCUT2D eigenvalue weighted by atomic mass is 10.0. The predicted octanol–water partition coefficient (Wildman–Crippen LogP) is 1.30. The first-order valence-corrected chi connectivity index (χ1v) is 15.5. The molecule has 12 heteroatoms. The number of hydrazone groups is 1. The van der Waals surface area contributed by atoms with E-state index < -0.39 is 15.1 Å². The van der Waals surface area contributed by atoms with E-state index in [0.717, 1.165) is 42.6 Å². The van der Waals surface area contributed by atoms with Crippen molar-refractivity contribution in [3.05, 3.63) is 45.9 Å². The zero-order valence-electron chi connectivity index (χ0n) is 21.8. The van der Waals surface area contributed by atoms with Crippen molar-refractivity contribution in [2.45, 2.75) is 29.5 Å². The van der Waals surface area contributed by atoms with Crippen LogP contribution in [-0.4, -0.2) is 118 Å². The summed E-state index contributed by atoms with van der Waals surface area (Å²) in [6, 6.07) is 6.51. The number of sulfone groups is 1. The predicted molar refractivity (Wildman–Crippen MR) is 145 cm³/mol. The van der Waals surface area contributed by atoms with Gasteiger partial charge in [-0.15, -0.1) is 11.3 Å². The number of carbonyl (C=O) groups is 1. The Morgan fingerprint density at radius 3 is 2.47 bits per heavy atom. The number of nitrogens with zero attached hydrogens (tertiary/aromatic N) is 5. The zero-order valence-corrected chi connectivity index (χ0v) is 23.4. The molecule has 3 aliphatic heterocycles. The lowest BCUT2D eigenvalue weighted by Gasteiger charge is -2.31. The van der Waals surface area contributed by atoms with Crippen molar-refractivity contribution in [3.8, 4) is 0 Å². The van der Waals surface area contributed by atoms with E-state index in [1.54, 1.807) is 35.6 Å². The largest absolute Gasteiger partial charge is 0.380 e. The van der Waals surface area contributed by atoms with Gasteiger partial charge in [0.05, 0.1) is 49.5 Å². The minimum atomic E-state index is -3.48. The number of ketones is 1. The standard InChI is InChI=1S/C26H35N5O5S2/c1-29-7-9-30(10-8-29)18-21-17-27-25(37-21)16-24(32)26(28-31-11-14-35-15-12-31)20-2-4-22(5-3-20)38(33,34)23-6-13-36-19-23/h2-5,17,23H,6-16,18-19H2,1H3/b28-26+/t23-/m0/s1. The number of likely N-dealkylation sites (N-methyl/N-ethyl adjacent to an activating group) is 1. The van der Waals surface area contributed by atoms with E-state index in [4.69, 9.17) is 14.6 Å². The van der Waals surface area contributed by atoms with Crippen LogP contribution >= 0.6 is 11.3 Å². The molecule has 0 unspecified atom stereocenters. The van der Waals surface area contributed by atoms with Crippen molar-refractivity contribution < 1.29 is 22.7 Å². The SMILES string of the molecule is CN1CCN(Cc2cnc(CC(=O)/C(=N/N3CCOCC3)c3ccc(S(=O)(=O)[C@H]4CCOC4)cc3)s2)CC1. The van der Waals surface area contributed by atoms with Crippen molar-refractivity contribution in [2.75, 3.05) is 72.7 Å². The van der Waals surface area contributed by atoms with Gasteiger partial charge in [0.15, 0.2) is 15.6 Å². The Hall–Kier alpha value is -2.22. The van der Waals surface area contributed by atoms with Crippen LogP contribution in [-0.2, 0) is 37.1 Å². The van der Waals surface area contributed by atoms with Gasteiger partial charge >= 0.3 is 0 Å². The molecule has 4 heterocycles. The average molecular weight is 562 g/mol. The third kappa shape index (κ3) is 6.67. The average Bonchev–Trinajstić information content (AvgIpc) is 3.62. The van der Waals surface area contributed by atoms with Crippen molar-refractivity contribution in [3.63, 3.8) is 0 Å². The number of benzene rings is 1. The van der Waals surface area contributed by atoms with E-state index in [1.165, 1.54) is 0 Å². The number of ether oxygens (including phenoxy) is 2. The van der Waals surface area contributed by atoms with Crippen LogP contribution in [0.1, 0.15) is 21.9 Å². The molecule has 5 rings (SSSR count). The molecule has 0 bridgehead atoms. The van der Waals surface area contributed by atoms with Gasteiger partial charge in [0.25, 0.3) is 0 Å². The Kier molecular flexibility index (Phi) is 8.86. The molecule has 0 N–H and O–H groups in total. The van der Waals surface area contributed by atoms with Crippen LogP contribution in [0.15, 0.2) is 40.5 Å². The molecule has 10 nitrogen and oxygen atoms in total. The Labute approximate surface area is 228 Å². The second-order valence-corrected chi connectivity index (χ2v) is 13.4. The number of hydrogen-bond donors (Lipinski definition) is 0. The highest BCUT2D eigenvalue weighted by atomic mass is 32.2. The van der Waals surface area contributed by atoms with E-state index in [0.29, 0.717) is 50.6 Å². The number of aromatic nitrogens is 1. The molecule has 1 aromatic heterocycles. The molecular formula is C26H35N5O5S2. The molecule has 0 radical (unpaired) electrons. The maximum atomic E-state index is 13.5. The lowest BCUT2D eigenvalue weighted by Crippen LogP contribution is -2.43. The number of piperazine rings is 1. The summed E-state index contributed by atoms with van der Waals surface area (Å²) in [6.45, 7) is 7.97. The third-order valence-electron chi connectivity index (χ3n) is 7.16. The summed E-state index contributed by atoms with van der Waals surface area (Å²) in [5.41, 5.74) is 0.910. The maximum absolute atomic E-state index is 13.5. The summed E-state index contributed by atoms with van der Waals surface area (Å²) < 4.78 is 36.6. The number of morpholine rings is 1. The summed E-state index contributed by atoms with van der Waals surface area (Å²) in [4.78, 5) is 24.2. The summed E-state index contributed by atoms with van der Waals surface area (Å²) in [7, 11) is -1.34. The van der Waals surface area contributed by atoms with Crippen LogP contribution in [0.4, 0.5) is 0 Å². The molecular weight excluding hydrogens is 526 g/mol. The Morgan fingerprint density at radius 2 is 1.79 bits per heavy atom. The molecule has 0 amide bonds. The zero-order chi connectivity index (χ0) is 26.5. The van der Waals surface area contributed by atoms with E-state index >= 15 is 0 Å². The van der Waals surface area contributed by atoms with Gasteiger partial charge in [-0.2, -0.15) is 5.10 Å². The molecule has 0 spiro atoms. The van der Waals surface area contributed by atoms with Gasteiger partial charge in [0, 0.05) is 56.0 Å². The van der Waals surface area contributed by atoms with Crippen molar-refractivity contribution in [2.24, 2.45) is 5.10 Å². The van der Waals surface area contributed by atoms with Crippen LogP contribution in [0.25, 0.3) is 0 Å². The fourth-order valence-corrected chi connectivity index (χ4v) is 7.32. The van der Waals surface area contributed by atoms with E-state index in [1.807, 2.05) is 11.2 Å². The van der Waals surface area contributed by atoms with E-state index in [9.17, 15) is 13.2 Å². The van der Waals surface area contributed by atoms with Crippen LogP contribution in [0.2, 0.25) is 0 Å². The van der Waals surface area contributed by atoms with Crippen LogP contribution in [0, 0.1) is 0 Å². The summed E-state index contributed by atoms with van der Waals surface area (Å²) in [5, 5.41) is 6.77. The van der Waals surface area contributed by atoms with Gasteiger partial charge in [-0.25, -0.2) is 13.4 Å². The molecule has 0 saturated carbocycles. The topological polar surface area (TPSA) is 105 Å². The Morgan fingerprint density at radius 1 is 1.05 bits per heavy atom. The molecule has 1 atom stereocenters. The highest BCUT2D eigenvalue weighted by Crippen LogP contribution is 2.24. The van der Waals surface area contributed by atoms with Crippen molar-refractivity contribution in [1.82, 2.24) is 19.8 Å². The first-order valence-electron chi connectivity index (χ1n) is 13.1. The molecule has 2 aromatic rings. The van der Waals surface area contributed by atoms with Gasteiger partial charge in [-0.3, -0.25) is 14.7 Å². The number of rotatable bonds is 9. The summed E-state index contributed by atoms with van der Waals surface area (Å²) in [5.74, 6) is -0.142. The quantitative estimate of drug-likeness (QED) is 0.419. The molecule has 0 aliphatic carbocycles. The maximum Gasteiger partial charge on any atom is 0.190 e. The normalized spacial score (nSPS) is 22.2. The Balaban J connectivity index is 1.32. The van der Waals surface area contributed by atoms with E-state index in [-0.39, 0.29) is 23.7 Å². The van der Waals surface area contributed by atoms with Crippen LogP contribution in [0.3, 0.4) is 0 Å². The fourth-order valence-electron chi connectivity index (χ4n) is 4.77. The number of hydrogen-bond acceptors (Lipinski definition) is 11. The lowest BCUT2D eigenvalue weighted by molar-refractivity contribution is -0.112. The van der Waals surface area contributed by atoms with Gasteiger partial charge < -0.3 is 14.4 Å². The minimum Gasteiger partial charge on any atom is -0.380 e. The number of thiazole rings is 1. The molecule has 206 valence electrons. The second kappa shape index (κ2) is 12.3. The molecule has 3 fully saturated rings. The summed E-state index contributed by atoms with van der Waals surface area (Å²) >= 11 is 1.57. The Bertz CT molecular complexity index is 1230. The molecule has 38 heavy (non-hydrogen) atoms. The third-order valence-corrected chi connectivity index (χ3v) is 10.3. The highest BCUT2D eigenvalue weighted by molar-refractivity contribution is 7.92. The fraction of sp³-hybridized carbons (Fsp3) is 0.577. The van der Waals surface area contributed by atoms with Crippen LogP contribution < -0.4 is 0 Å². The molecule has 1 aromatic carbocycles. The van der Waals surface area contributed by atoms with Crippen LogP contribution in [0.5, 0.6) is 0 Å².